The van der Waals surface area contributed by atoms with Gasteiger partial charge in [-0.25, -0.2) is 4.98 Å². The summed E-state index contributed by atoms with van der Waals surface area (Å²) in [6.07, 6.45) is 8.06. The number of hydrogen-bond acceptors (Lipinski definition) is 4. The highest BCUT2D eigenvalue weighted by Crippen LogP contribution is 2.28. The zero-order valence-electron chi connectivity index (χ0n) is 11.7. The zero-order chi connectivity index (χ0) is 13.4. The lowest BCUT2D eigenvalue weighted by Gasteiger charge is -2.36. The molecule has 1 aromatic heterocycles. The third kappa shape index (κ3) is 2.74. The van der Waals surface area contributed by atoms with Gasteiger partial charge in [-0.05, 0) is 31.4 Å². The molecule has 4 nitrogen and oxygen atoms in total. The Bertz CT molecular complexity index is 670. The molecule has 1 aliphatic carbocycles. The number of nitrogens with zero attached hydrogens (tertiary/aromatic N) is 2. The summed E-state index contributed by atoms with van der Waals surface area (Å²) in [5, 5.41) is 7.13. The maximum absolute atomic E-state index is 4.72. The number of hydrogen-bond donors (Lipinski definition) is 2. The van der Waals surface area contributed by atoms with Gasteiger partial charge in [-0.15, -0.1) is 12.4 Å². The van der Waals surface area contributed by atoms with Gasteiger partial charge in [-0.2, -0.15) is 0 Å². The van der Waals surface area contributed by atoms with E-state index in [4.69, 9.17) is 4.98 Å². The van der Waals surface area contributed by atoms with Crippen LogP contribution in [0.5, 0.6) is 0 Å². The number of benzene rings is 1. The Kier molecular flexibility index (Phi) is 4.08. The molecule has 0 amide bonds. The Hall–Kier alpha value is -1.65. The smallest absolute Gasteiger partial charge is 0.122 e. The monoisotopic (exact) mass is 302 g/mol. The molecule has 2 heterocycles. The first-order valence-corrected chi connectivity index (χ1v) is 7.32. The number of para-hydroxylation sites is 2. The normalized spacial score (nSPS) is 24.5. The van der Waals surface area contributed by atoms with Crippen molar-refractivity contribution in [3.8, 4) is 0 Å². The average Bonchev–Trinajstić information content (AvgIpc) is 2.54. The number of nitrogens with one attached hydrogen (secondary N) is 2. The maximum atomic E-state index is 4.72. The van der Waals surface area contributed by atoms with E-state index >= 15 is 0 Å². The lowest BCUT2D eigenvalue weighted by atomic mass is 9.90. The van der Waals surface area contributed by atoms with Gasteiger partial charge in [0.15, 0.2) is 0 Å². The largest absolute Gasteiger partial charge is 0.368 e. The van der Waals surface area contributed by atoms with Crippen LogP contribution >= 0.6 is 12.4 Å². The molecule has 4 rings (SSSR count). The lowest BCUT2D eigenvalue weighted by molar-refractivity contribution is 0.320. The van der Waals surface area contributed by atoms with Crippen LogP contribution in [0.3, 0.4) is 0 Å². The molecule has 1 aliphatic heterocycles. The van der Waals surface area contributed by atoms with Crippen molar-refractivity contribution in [2.24, 2.45) is 5.92 Å². The molecular formula is C16H19ClN4. The maximum Gasteiger partial charge on any atom is 0.122 e. The summed E-state index contributed by atoms with van der Waals surface area (Å²) in [6, 6.07) is 8.00. The Balaban J connectivity index is 0.00000132. The van der Waals surface area contributed by atoms with Crippen LogP contribution in [0.25, 0.3) is 11.0 Å². The molecule has 1 unspecified atom stereocenters. The molecule has 2 N–H and O–H groups in total. The fourth-order valence-corrected chi connectivity index (χ4v) is 3.10. The minimum Gasteiger partial charge on any atom is -0.368 e. The molecule has 2 aromatic rings. The minimum atomic E-state index is 0. The van der Waals surface area contributed by atoms with Crippen molar-refractivity contribution in [3.63, 3.8) is 0 Å². The second-order valence-corrected chi connectivity index (χ2v) is 5.56. The van der Waals surface area contributed by atoms with E-state index in [2.05, 4.69) is 21.7 Å². The summed E-state index contributed by atoms with van der Waals surface area (Å²) in [7, 11) is 0. The summed E-state index contributed by atoms with van der Waals surface area (Å²) >= 11 is 0. The van der Waals surface area contributed by atoms with Gasteiger partial charge in [-0.1, -0.05) is 18.2 Å². The Morgan fingerprint density at radius 1 is 1.14 bits per heavy atom. The third-order valence-corrected chi connectivity index (χ3v) is 4.20. The van der Waals surface area contributed by atoms with Crippen LogP contribution in [0.4, 0.5) is 0 Å². The second kappa shape index (κ2) is 6.00. The summed E-state index contributed by atoms with van der Waals surface area (Å²) in [5.41, 5.74) is 4.25. The van der Waals surface area contributed by atoms with Crippen molar-refractivity contribution in [1.29, 1.82) is 0 Å². The first kappa shape index (κ1) is 14.3. The molecular weight excluding hydrogens is 284 g/mol. The average molecular weight is 303 g/mol. The minimum absolute atomic E-state index is 0. The molecule has 0 bridgehead atoms. The highest BCUT2D eigenvalue weighted by atomic mass is 35.5. The van der Waals surface area contributed by atoms with E-state index in [-0.39, 0.29) is 18.6 Å². The molecule has 1 saturated heterocycles. The lowest BCUT2D eigenvalue weighted by Crippen LogP contribution is -2.46. The zero-order valence-corrected chi connectivity index (χ0v) is 12.6. The summed E-state index contributed by atoms with van der Waals surface area (Å²) < 4.78 is 0. The van der Waals surface area contributed by atoms with Crippen LogP contribution in [-0.4, -0.2) is 16.5 Å². The molecule has 2 atom stereocenters. The van der Waals surface area contributed by atoms with Gasteiger partial charge in [-0.3, -0.25) is 10.3 Å². The quantitative estimate of drug-likeness (QED) is 0.850. The van der Waals surface area contributed by atoms with E-state index in [9.17, 15) is 0 Å². The van der Waals surface area contributed by atoms with Crippen molar-refractivity contribution in [3.05, 3.63) is 47.9 Å². The van der Waals surface area contributed by atoms with Crippen LogP contribution in [0, 0.1) is 5.92 Å². The Morgan fingerprint density at radius 3 is 2.90 bits per heavy atom. The molecule has 0 spiro atoms. The number of allylic oxidation sites excluding steroid dienone is 1. The Morgan fingerprint density at radius 2 is 2.00 bits per heavy atom. The van der Waals surface area contributed by atoms with Gasteiger partial charge in [0.05, 0.1) is 22.9 Å². The molecule has 1 aromatic carbocycles. The SMILES string of the molecule is C1=C2N[C@@H](c3cnc4ccccc4n3)NCC2CCC1.Cl. The van der Waals surface area contributed by atoms with E-state index in [0.717, 1.165) is 23.3 Å². The van der Waals surface area contributed by atoms with E-state index in [0.29, 0.717) is 5.92 Å². The number of halogens is 1. The van der Waals surface area contributed by atoms with Gasteiger partial charge in [0.25, 0.3) is 0 Å². The second-order valence-electron chi connectivity index (χ2n) is 5.56. The van der Waals surface area contributed by atoms with Gasteiger partial charge < -0.3 is 5.32 Å². The topological polar surface area (TPSA) is 49.8 Å². The van der Waals surface area contributed by atoms with E-state index in [1.807, 2.05) is 30.5 Å². The van der Waals surface area contributed by atoms with E-state index in [1.54, 1.807) is 0 Å². The predicted octanol–water partition coefficient (Wildman–Crippen LogP) is 2.93. The van der Waals surface area contributed by atoms with Crippen LogP contribution < -0.4 is 10.6 Å². The standard InChI is InChI=1S/C16H18N4.ClH/c1-2-6-12-11(5-1)9-18-16(20-12)15-10-17-13-7-3-4-8-14(13)19-15;/h3-4,6-8,10-11,16,18,20H,1-2,5,9H2;1H/t11?,16-;/m0./s1. The molecule has 0 saturated carbocycles. The highest BCUT2D eigenvalue weighted by Gasteiger charge is 2.27. The van der Waals surface area contributed by atoms with Crippen LogP contribution in [0.2, 0.25) is 0 Å². The van der Waals surface area contributed by atoms with Crippen molar-refractivity contribution >= 4 is 23.4 Å². The third-order valence-electron chi connectivity index (χ3n) is 4.20. The molecule has 5 heteroatoms. The molecule has 2 aliphatic rings. The predicted molar refractivity (Wildman–Crippen MR) is 86.1 cm³/mol. The van der Waals surface area contributed by atoms with Gasteiger partial charge in [0.2, 0.25) is 0 Å². The first-order chi connectivity index (χ1) is 9.90. The number of fused-ring (bicyclic) bond motifs is 2. The fraction of sp³-hybridized carbons (Fsp3) is 0.375. The van der Waals surface area contributed by atoms with Crippen molar-refractivity contribution in [2.45, 2.75) is 25.4 Å². The Labute approximate surface area is 130 Å². The van der Waals surface area contributed by atoms with Gasteiger partial charge in [0.1, 0.15) is 6.17 Å². The van der Waals surface area contributed by atoms with Gasteiger partial charge >= 0.3 is 0 Å². The first-order valence-electron chi connectivity index (χ1n) is 7.32. The van der Waals surface area contributed by atoms with Crippen molar-refractivity contribution in [1.82, 2.24) is 20.6 Å². The summed E-state index contributed by atoms with van der Waals surface area (Å²) in [5.74, 6) is 0.647. The van der Waals surface area contributed by atoms with Crippen molar-refractivity contribution < 1.29 is 0 Å². The van der Waals surface area contributed by atoms with Gasteiger partial charge in [0, 0.05) is 18.2 Å². The molecule has 0 radical (unpaired) electrons. The fourth-order valence-electron chi connectivity index (χ4n) is 3.10. The van der Waals surface area contributed by atoms with Crippen LogP contribution in [-0.2, 0) is 0 Å². The van der Waals surface area contributed by atoms with Crippen LogP contribution in [0.15, 0.2) is 42.2 Å². The molecule has 1 fully saturated rings. The summed E-state index contributed by atoms with van der Waals surface area (Å²) in [4.78, 5) is 9.22. The molecule has 110 valence electrons. The van der Waals surface area contributed by atoms with Crippen molar-refractivity contribution in [2.75, 3.05) is 6.54 Å². The number of rotatable bonds is 1. The number of aromatic nitrogens is 2. The van der Waals surface area contributed by atoms with E-state index in [1.165, 1.54) is 25.0 Å². The molecule has 21 heavy (non-hydrogen) atoms. The van der Waals surface area contributed by atoms with E-state index < -0.39 is 0 Å². The summed E-state index contributed by atoms with van der Waals surface area (Å²) in [6.45, 7) is 1.03. The van der Waals surface area contributed by atoms with Crippen LogP contribution in [0.1, 0.15) is 31.1 Å². The highest BCUT2D eigenvalue weighted by molar-refractivity contribution is 5.85.